The third-order valence-corrected chi connectivity index (χ3v) is 5.60. The van der Waals surface area contributed by atoms with E-state index in [4.69, 9.17) is 0 Å². The predicted molar refractivity (Wildman–Crippen MR) is 106 cm³/mol. The van der Waals surface area contributed by atoms with Crippen LogP contribution in [0.25, 0.3) is 27.7 Å². The van der Waals surface area contributed by atoms with Crippen molar-refractivity contribution in [1.29, 1.82) is 0 Å². The molecule has 25 heavy (non-hydrogen) atoms. The summed E-state index contributed by atoms with van der Waals surface area (Å²) in [5.41, 5.74) is 9.42. The molecule has 3 aromatic carbocycles. The molecule has 0 unspecified atom stereocenters. The van der Waals surface area contributed by atoms with E-state index in [1.165, 1.54) is 44.5 Å². The molecule has 1 aliphatic rings. The maximum absolute atomic E-state index is 2.47. The van der Waals surface area contributed by atoms with Gasteiger partial charge in [-0.1, -0.05) is 68.4 Å². The molecule has 0 fully saturated rings. The predicted octanol–water partition coefficient (Wildman–Crippen LogP) is 6.25. The summed E-state index contributed by atoms with van der Waals surface area (Å²) >= 11 is 0. The maximum Gasteiger partial charge on any atom is 0.0538 e. The molecule has 122 valence electrons. The van der Waals surface area contributed by atoms with Crippen molar-refractivity contribution >= 4 is 10.9 Å². The number of para-hydroxylation sites is 1. The van der Waals surface area contributed by atoms with Gasteiger partial charge in [-0.2, -0.15) is 0 Å². The van der Waals surface area contributed by atoms with Crippen molar-refractivity contribution in [2.24, 2.45) is 0 Å². The zero-order valence-corrected chi connectivity index (χ0v) is 14.9. The van der Waals surface area contributed by atoms with E-state index in [-0.39, 0.29) is 5.41 Å². The second-order valence-electron chi connectivity index (χ2n) is 7.59. The molecular formula is C24H21N. The van der Waals surface area contributed by atoms with Crippen LogP contribution in [-0.4, -0.2) is 4.57 Å². The fourth-order valence-electron chi connectivity index (χ4n) is 4.51. The minimum absolute atomic E-state index is 0.0192. The number of benzene rings is 3. The first-order valence-corrected chi connectivity index (χ1v) is 8.90. The summed E-state index contributed by atoms with van der Waals surface area (Å²) < 4.78 is 2.47. The molecular weight excluding hydrogens is 302 g/mol. The molecule has 0 atom stereocenters. The van der Waals surface area contributed by atoms with Gasteiger partial charge in [0, 0.05) is 27.7 Å². The number of fused-ring (bicyclic) bond motifs is 5. The quantitative estimate of drug-likeness (QED) is 0.390. The minimum Gasteiger partial charge on any atom is -0.312 e. The van der Waals surface area contributed by atoms with E-state index < -0.39 is 0 Å². The van der Waals surface area contributed by atoms with E-state index in [2.05, 4.69) is 98.1 Å². The molecule has 1 heteroatoms. The number of hydrogen-bond donors (Lipinski definition) is 0. The molecule has 0 amide bonds. The van der Waals surface area contributed by atoms with Crippen LogP contribution in [0.3, 0.4) is 0 Å². The van der Waals surface area contributed by atoms with Crippen LogP contribution in [0, 0.1) is 6.92 Å². The average Bonchev–Trinajstić information content (AvgIpc) is 3.08. The van der Waals surface area contributed by atoms with E-state index in [1.54, 1.807) is 0 Å². The van der Waals surface area contributed by atoms with Gasteiger partial charge < -0.3 is 4.57 Å². The summed E-state index contributed by atoms with van der Waals surface area (Å²) in [6.45, 7) is 6.86. The largest absolute Gasteiger partial charge is 0.312 e. The van der Waals surface area contributed by atoms with E-state index in [1.807, 2.05) is 0 Å². The Morgan fingerprint density at radius 3 is 2.40 bits per heavy atom. The van der Waals surface area contributed by atoms with Crippen LogP contribution in [0.15, 0.2) is 72.8 Å². The Hall–Kier alpha value is -2.80. The maximum atomic E-state index is 2.47. The number of hydrogen-bond acceptors (Lipinski definition) is 0. The Morgan fingerprint density at radius 1 is 0.800 bits per heavy atom. The molecule has 0 saturated carbocycles. The first kappa shape index (κ1) is 14.5. The van der Waals surface area contributed by atoms with Crippen molar-refractivity contribution in [3.63, 3.8) is 0 Å². The summed E-state index contributed by atoms with van der Waals surface area (Å²) in [5.74, 6) is 0. The Bertz CT molecular complexity index is 1130. The average molecular weight is 323 g/mol. The topological polar surface area (TPSA) is 4.93 Å². The van der Waals surface area contributed by atoms with Gasteiger partial charge >= 0.3 is 0 Å². The lowest BCUT2D eigenvalue weighted by Gasteiger charge is -2.24. The van der Waals surface area contributed by atoms with E-state index >= 15 is 0 Å². The molecule has 1 nitrogen and oxygen atoms in total. The highest BCUT2D eigenvalue weighted by Gasteiger charge is 2.40. The van der Waals surface area contributed by atoms with Gasteiger partial charge in [0.05, 0.1) is 5.52 Å². The van der Waals surface area contributed by atoms with Gasteiger partial charge in [0.25, 0.3) is 0 Å². The summed E-state index contributed by atoms with van der Waals surface area (Å²) in [5, 5.41) is 1.34. The molecule has 1 aromatic heterocycles. The van der Waals surface area contributed by atoms with Crippen LogP contribution in [0.4, 0.5) is 0 Å². The fraction of sp³-hybridized carbons (Fsp3) is 0.167. The summed E-state index contributed by atoms with van der Waals surface area (Å²) in [6.07, 6.45) is 0. The van der Waals surface area contributed by atoms with Crippen molar-refractivity contribution in [3.8, 4) is 16.8 Å². The first-order valence-electron chi connectivity index (χ1n) is 8.90. The van der Waals surface area contributed by atoms with E-state index in [0.29, 0.717) is 0 Å². The lowest BCUT2D eigenvalue weighted by atomic mass is 9.85. The van der Waals surface area contributed by atoms with Gasteiger partial charge in [-0.05, 0) is 41.8 Å². The Labute approximate surface area is 148 Å². The zero-order valence-electron chi connectivity index (χ0n) is 14.9. The standard InChI is InChI=1S/C24H21N/c1-16-9-8-10-17(15-16)25-21-14-7-5-12-19(21)22-18-11-4-6-13-20(18)24(2,3)23(22)25/h4-15H,1-3H3. The second kappa shape index (κ2) is 4.86. The second-order valence-corrected chi connectivity index (χ2v) is 7.59. The van der Waals surface area contributed by atoms with Gasteiger partial charge in [-0.3, -0.25) is 0 Å². The SMILES string of the molecule is Cc1cccc(-n2c3c(c4ccccc42)-c2ccccc2C3(C)C)c1. The molecule has 0 spiro atoms. The van der Waals surface area contributed by atoms with Crippen LogP contribution in [0.5, 0.6) is 0 Å². The van der Waals surface area contributed by atoms with Gasteiger partial charge in [0.15, 0.2) is 0 Å². The molecule has 0 bridgehead atoms. The molecule has 1 aliphatic carbocycles. The summed E-state index contributed by atoms with van der Waals surface area (Å²) in [7, 11) is 0. The fourth-order valence-corrected chi connectivity index (χ4v) is 4.51. The van der Waals surface area contributed by atoms with Crippen LogP contribution >= 0.6 is 0 Å². The van der Waals surface area contributed by atoms with E-state index in [9.17, 15) is 0 Å². The lowest BCUT2D eigenvalue weighted by molar-refractivity contribution is 0.623. The highest BCUT2D eigenvalue weighted by molar-refractivity contribution is 6.03. The van der Waals surface area contributed by atoms with Crippen LogP contribution < -0.4 is 0 Å². The Kier molecular flexibility index (Phi) is 2.82. The number of rotatable bonds is 1. The van der Waals surface area contributed by atoms with Gasteiger partial charge in [-0.25, -0.2) is 0 Å². The zero-order chi connectivity index (χ0) is 17.2. The van der Waals surface area contributed by atoms with Gasteiger partial charge in [0.1, 0.15) is 0 Å². The molecule has 1 heterocycles. The Morgan fingerprint density at radius 2 is 1.56 bits per heavy atom. The molecule has 0 aliphatic heterocycles. The van der Waals surface area contributed by atoms with Crippen molar-refractivity contribution < 1.29 is 0 Å². The molecule has 5 rings (SSSR count). The van der Waals surface area contributed by atoms with Crippen LogP contribution in [0.2, 0.25) is 0 Å². The highest BCUT2D eigenvalue weighted by atomic mass is 15.0. The minimum atomic E-state index is -0.0192. The molecule has 4 aromatic rings. The molecule has 0 N–H and O–H groups in total. The number of nitrogens with zero attached hydrogens (tertiary/aromatic N) is 1. The van der Waals surface area contributed by atoms with Crippen molar-refractivity contribution in [2.75, 3.05) is 0 Å². The van der Waals surface area contributed by atoms with E-state index in [0.717, 1.165) is 0 Å². The lowest BCUT2D eigenvalue weighted by Crippen LogP contribution is -2.19. The smallest absolute Gasteiger partial charge is 0.0538 e. The van der Waals surface area contributed by atoms with Crippen molar-refractivity contribution in [2.45, 2.75) is 26.2 Å². The van der Waals surface area contributed by atoms with Crippen LogP contribution in [0.1, 0.15) is 30.7 Å². The monoisotopic (exact) mass is 323 g/mol. The highest BCUT2D eigenvalue weighted by Crippen LogP contribution is 2.53. The summed E-state index contributed by atoms with van der Waals surface area (Å²) in [6, 6.07) is 26.5. The summed E-state index contributed by atoms with van der Waals surface area (Å²) in [4.78, 5) is 0. The molecule has 0 saturated heterocycles. The van der Waals surface area contributed by atoms with Gasteiger partial charge in [-0.15, -0.1) is 0 Å². The van der Waals surface area contributed by atoms with Crippen molar-refractivity contribution in [1.82, 2.24) is 4.57 Å². The Balaban J connectivity index is 1.98. The van der Waals surface area contributed by atoms with Gasteiger partial charge in [0.2, 0.25) is 0 Å². The normalized spacial score (nSPS) is 14.5. The number of aryl methyl sites for hydroxylation is 1. The molecule has 0 radical (unpaired) electrons. The third kappa shape index (κ3) is 1.84. The first-order chi connectivity index (χ1) is 12.1. The number of aromatic nitrogens is 1. The van der Waals surface area contributed by atoms with Crippen molar-refractivity contribution in [3.05, 3.63) is 89.6 Å². The third-order valence-electron chi connectivity index (χ3n) is 5.60. The van der Waals surface area contributed by atoms with Crippen LogP contribution in [-0.2, 0) is 5.41 Å².